The molecule has 6 nitrogen and oxygen atoms in total. The first-order valence-corrected chi connectivity index (χ1v) is 5.39. The molecule has 0 unspecified atom stereocenters. The molecular weight excluding hydrogens is 236 g/mol. The summed E-state index contributed by atoms with van der Waals surface area (Å²) in [5.41, 5.74) is 2.92. The van der Waals surface area contributed by atoms with Crippen molar-refractivity contribution in [3.05, 3.63) is 23.8 Å². The van der Waals surface area contributed by atoms with E-state index in [1.807, 2.05) is 0 Å². The average Bonchev–Trinajstić information content (AvgIpc) is 2.38. The van der Waals surface area contributed by atoms with Gasteiger partial charge in [-0.2, -0.15) is 5.10 Å². The Kier molecular flexibility index (Phi) is 5.50. The Morgan fingerprint density at radius 1 is 1.39 bits per heavy atom. The number of rotatable bonds is 5. The normalized spacial score (nSPS) is 10.2. The molecule has 0 spiro atoms. The molecule has 98 valence electrons. The molecule has 1 aromatic rings. The van der Waals surface area contributed by atoms with Gasteiger partial charge in [-0.1, -0.05) is 6.07 Å². The summed E-state index contributed by atoms with van der Waals surface area (Å²) in [6.07, 6.45) is 0.855. The summed E-state index contributed by atoms with van der Waals surface area (Å²) in [6.45, 7) is 2.01. The molecule has 6 heteroatoms. The smallest absolute Gasteiger partial charge is 0.427 e. The lowest BCUT2D eigenvalue weighted by Gasteiger charge is -2.09. The second kappa shape index (κ2) is 7.16. The second-order valence-electron chi connectivity index (χ2n) is 3.17. The third-order valence-electron chi connectivity index (χ3n) is 2.07. The minimum Gasteiger partial charge on any atom is -0.493 e. The number of para-hydroxylation sites is 1. The van der Waals surface area contributed by atoms with Gasteiger partial charge in [0.15, 0.2) is 11.5 Å². The van der Waals surface area contributed by atoms with Gasteiger partial charge < -0.3 is 14.2 Å². The molecule has 18 heavy (non-hydrogen) atoms. The fraction of sp³-hybridized carbons (Fsp3) is 0.333. The van der Waals surface area contributed by atoms with Gasteiger partial charge in [-0.25, -0.2) is 10.2 Å². The Morgan fingerprint density at radius 2 is 2.17 bits per heavy atom. The number of ether oxygens (including phenoxy) is 3. The number of amides is 1. The molecule has 1 N–H and O–H groups in total. The zero-order valence-corrected chi connectivity index (χ0v) is 10.6. The minimum atomic E-state index is -0.601. The fourth-order valence-electron chi connectivity index (χ4n) is 1.33. The summed E-state index contributed by atoms with van der Waals surface area (Å²) in [7, 11) is 3.09. The number of hydrogen-bond donors (Lipinski definition) is 1. The third-order valence-corrected chi connectivity index (χ3v) is 2.07. The maximum absolute atomic E-state index is 11.0. The zero-order chi connectivity index (χ0) is 13.4. The molecule has 0 fully saturated rings. The molecule has 0 aliphatic carbocycles. The maximum Gasteiger partial charge on any atom is 0.427 e. The number of nitrogens with one attached hydrogen (secondary N) is 1. The number of methoxy groups -OCH3 is 2. The van der Waals surface area contributed by atoms with Crippen molar-refractivity contribution in [2.24, 2.45) is 5.10 Å². The van der Waals surface area contributed by atoms with Gasteiger partial charge >= 0.3 is 6.09 Å². The van der Waals surface area contributed by atoms with E-state index in [4.69, 9.17) is 9.47 Å². The first kappa shape index (κ1) is 13.8. The SMILES string of the molecule is CCOC(=O)NN=Cc1cccc(OC)c1OC. The van der Waals surface area contributed by atoms with Crippen LogP contribution in [0, 0.1) is 0 Å². The van der Waals surface area contributed by atoms with Crippen LogP contribution in [0.25, 0.3) is 0 Å². The van der Waals surface area contributed by atoms with E-state index in [0.29, 0.717) is 23.7 Å². The van der Waals surface area contributed by atoms with Crippen LogP contribution in [-0.4, -0.2) is 33.1 Å². The molecule has 0 aliphatic heterocycles. The van der Waals surface area contributed by atoms with Crippen molar-refractivity contribution >= 4 is 12.3 Å². The van der Waals surface area contributed by atoms with E-state index >= 15 is 0 Å². The molecule has 0 saturated carbocycles. The van der Waals surface area contributed by atoms with E-state index in [9.17, 15) is 4.79 Å². The summed E-state index contributed by atoms with van der Waals surface area (Å²) >= 11 is 0. The summed E-state index contributed by atoms with van der Waals surface area (Å²) < 4.78 is 15.0. The van der Waals surface area contributed by atoms with Gasteiger partial charge in [0.05, 0.1) is 27.0 Å². The number of benzene rings is 1. The lowest BCUT2D eigenvalue weighted by atomic mass is 10.2. The van der Waals surface area contributed by atoms with Gasteiger partial charge in [-0.15, -0.1) is 0 Å². The van der Waals surface area contributed by atoms with Gasteiger partial charge in [0.25, 0.3) is 0 Å². The standard InChI is InChI=1S/C12H16N2O4/c1-4-18-12(15)14-13-8-9-6-5-7-10(16-2)11(9)17-3/h5-8H,4H2,1-3H3,(H,14,15). The zero-order valence-electron chi connectivity index (χ0n) is 10.6. The maximum atomic E-state index is 11.0. The van der Waals surface area contributed by atoms with E-state index in [1.54, 1.807) is 32.2 Å². The van der Waals surface area contributed by atoms with Crippen LogP contribution in [0.4, 0.5) is 4.79 Å². The van der Waals surface area contributed by atoms with E-state index < -0.39 is 6.09 Å². The highest BCUT2D eigenvalue weighted by Gasteiger charge is 2.07. The average molecular weight is 252 g/mol. The molecule has 0 aliphatic rings. The predicted octanol–water partition coefficient (Wildman–Crippen LogP) is 1.78. The van der Waals surface area contributed by atoms with Crippen LogP contribution in [0.2, 0.25) is 0 Å². The molecule has 0 heterocycles. The van der Waals surface area contributed by atoms with Gasteiger partial charge in [-0.3, -0.25) is 0 Å². The molecule has 0 saturated heterocycles. The monoisotopic (exact) mass is 252 g/mol. The fourth-order valence-corrected chi connectivity index (χ4v) is 1.33. The van der Waals surface area contributed by atoms with Crippen LogP contribution in [0.5, 0.6) is 11.5 Å². The lowest BCUT2D eigenvalue weighted by Crippen LogP contribution is -2.18. The number of hydrogen-bond acceptors (Lipinski definition) is 5. The highest BCUT2D eigenvalue weighted by Crippen LogP contribution is 2.29. The van der Waals surface area contributed by atoms with E-state index in [-0.39, 0.29) is 0 Å². The van der Waals surface area contributed by atoms with Crippen LogP contribution >= 0.6 is 0 Å². The van der Waals surface area contributed by atoms with Crippen LogP contribution in [0.15, 0.2) is 23.3 Å². The van der Waals surface area contributed by atoms with E-state index in [0.717, 1.165) is 0 Å². The van der Waals surface area contributed by atoms with Crippen molar-refractivity contribution in [1.82, 2.24) is 5.43 Å². The molecule has 0 radical (unpaired) electrons. The predicted molar refractivity (Wildman–Crippen MR) is 67.3 cm³/mol. The second-order valence-corrected chi connectivity index (χ2v) is 3.17. The van der Waals surface area contributed by atoms with Crippen molar-refractivity contribution in [1.29, 1.82) is 0 Å². The lowest BCUT2D eigenvalue weighted by molar-refractivity contribution is 0.152. The van der Waals surface area contributed by atoms with E-state index in [1.165, 1.54) is 13.3 Å². The van der Waals surface area contributed by atoms with Crippen molar-refractivity contribution < 1.29 is 19.0 Å². The summed E-state index contributed by atoms with van der Waals surface area (Å²) in [5, 5.41) is 3.76. The van der Waals surface area contributed by atoms with Crippen LogP contribution in [0.3, 0.4) is 0 Å². The number of hydrazone groups is 1. The number of carbonyl (C=O) groups excluding carboxylic acids is 1. The Bertz CT molecular complexity index is 432. The van der Waals surface area contributed by atoms with Gasteiger partial charge in [0.1, 0.15) is 0 Å². The Morgan fingerprint density at radius 3 is 2.78 bits per heavy atom. The Balaban J connectivity index is 2.77. The van der Waals surface area contributed by atoms with Crippen LogP contribution < -0.4 is 14.9 Å². The number of nitrogens with zero attached hydrogens (tertiary/aromatic N) is 1. The summed E-state index contributed by atoms with van der Waals surface area (Å²) in [4.78, 5) is 11.0. The quantitative estimate of drug-likeness (QED) is 0.640. The van der Waals surface area contributed by atoms with Crippen molar-refractivity contribution in [2.45, 2.75) is 6.92 Å². The third kappa shape index (κ3) is 3.65. The highest BCUT2D eigenvalue weighted by atomic mass is 16.5. The summed E-state index contributed by atoms with van der Waals surface area (Å²) in [5.74, 6) is 1.15. The number of carbonyl (C=O) groups is 1. The summed E-state index contributed by atoms with van der Waals surface area (Å²) in [6, 6.07) is 5.36. The first-order chi connectivity index (χ1) is 8.72. The molecule has 1 amide bonds. The molecule has 1 rings (SSSR count). The van der Waals surface area contributed by atoms with Crippen molar-refractivity contribution in [3.8, 4) is 11.5 Å². The Labute approximate surface area is 106 Å². The largest absolute Gasteiger partial charge is 0.493 e. The van der Waals surface area contributed by atoms with Crippen molar-refractivity contribution in [2.75, 3.05) is 20.8 Å². The van der Waals surface area contributed by atoms with Crippen molar-refractivity contribution in [3.63, 3.8) is 0 Å². The van der Waals surface area contributed by atoms with Crippen LogP contribution in [-0.2, 0) is 4.74 Å². The molecule has 1 aromatic carbocycles. The molecular formula is C12H16N2O4. The van der Waals surface area contributed by atoms with Gasteiger partial charge in [0.2, 0.25) is 0 Å². The van der Waals surface area contributed by atoms with Gasteiger partial charge in [0, 0.05) is 5.56 Å². The molecule has 0 bridgehead atoms. The minimum absolute atomic E-state index is 0.295. The van der Waals surface area contributed by atoms with Gasteiger partial charge in [-0.05, 0) is 19.1 Å². The molecule has 0 aromatic heterocycles. The van der Waals surface area contributed by atoms with E-state index in [2.05, 4.69) is 15.3 Å². The molecule has 0 atom stereocenters. The first-order valence-electron chi connectivity index (χ1n) is 5.39. The highest BCUT2D eigenvalue weighted by molar-refractivity contribution is 5.85. The topological polar surface area (TPSA) is 69.2 Å². The van der Waals surface area contributed by atoms with Crippen LogP contribution in [0.1, 0.15) is 12.5 Å². The Hall–Kier alpha value is -2.24.